The average Bonchev–Trinajstić information content (AvgIpc) is 3.32. The third-order valence-electron chi connectivity index (χ3n) is 6.85. The van der Waals surface area contributed by atoms with Gasteiger partial charge in [-0.05, 0) is 32.9 Å². The van der Waals surface area contributed by atoms with E-state index in [0.29, 0.717) is 50.3 Å². The van der Waals surface area contributed by atoms with Crippen molar-refractivity contribution in [3.8, 4) is 22.9 Å². The first-order valence-corrected chi connectivity index (χ1v) is 13.4. The van der Waals surface area contributed by atoms with E-state index >= 15 is 0 Å². The molecule has 0 spiro atoms. The maximum atomic E-state index is 12.3. The molecule has 4 aromatic heterocycles. The highest BCUT2D eigenvalue weighted by Crippen LogP contribution is 2.36. The first-order valence-electron chi connectivity index (χ1n) is 13.4. The minimum atomic E-state index is -0.517. The molecule has 0 unspecified atom stereocenters. The molecule has 1 fully saturated rings. The molecule has 6 rings (SSSR count). The monoisotopic (exact) mass is 544 g/mol. The Balaban J connectivity index is 1.12. The van der Waals surface area contributed by atoms with Crippen LogP contribution in [0.4, 0.5) is 10.6 Å². The summed E-state index contributed by atoms with van der Waals surface area (Å²) in [6, 6.07) is 5.95. The largest absolute Gasteiger partial charge is 0.484 e. The number of carbonyl (C=O) groups excluding carboxylic acids is 1. The van der Waals surface area contributed by atoms with Crippen LogP contribution in [0.5, 0.6) is 11.6 Å². The van der Waals surface area contributed by atoms with Crippen molar-refractivity contribution in [1.82, 2.24) is 34.6 Å². The van der Waals surface area contributed by atoms with Crippen LogP contribution < -0.4 is 14.8 Å². The molecule has 40 heavy (non-hydrogen) atoms. The summed E-state index contributed by atoms with van der Waals surface area (Å²) < 4.78 is 18.8. The lowest BCUT2D eigenvalue weighted by Crippen LogP contribution is -2.52. The molecule has 4 aromatic rings. The first-order chi connectivity index (χ1) is 19.2. The second-order valence-corrected chi connectivity index (χ2v) is 11.1. The number of nitrogens with one attached hydrogen (secondary N) is 1. The fourth-order valence-corrected chi connectivity index (χ4v) is 4.77. The number of carbonyl (C=O) groups is 1. The Hall–Kier alpha value is -4.48. The summed E-state index contributed by atoms with van der Waals surface area (Å²) in [5, 5.41) is 8.87. The Kier molecular flexibility index (Phi) is 6.60. The molecule has 12 heteroatoms. The number of fused-ring (bicyclic) bond motifs is 2. The van der Waals surface area contributed by atoms with Gasteiger partial charge in [0.15, 0.2) is 11.4 Å². The van der Waals surface area contributed by atoms with Gasteiger partial charge in [0.2, 0.25) is 0 Å². The van der Waals surface area contributed by atoms with E-state index in [0.717, 1.165) is 27.9 Å². The number of likely N-dealkylation sites (tertiary alicyclic amines) is 1. The molecule has 12 nitrogen and oxygen atoms in total. The molecular formula is C28H32N8O4. The third kappa shape index (κ3) is 5.21. The summed E-state index contributed by atoms with van der Waals surface area (Å²) in [5.41, 5.74) is 2.91. The Morgan fingerprint density at radius 2 is 1.95 bits per heavy atom. The van der Waals surface area contributed by atoms with Gasteiger partial charge in [-0.3, -0.25) is 0 Å². The topological polar surface area (TPSA) is 129 Å². The minimum absolute atomic E-state index is 0.0585. The van der Waals surface area contributed by atoms with Crippen LogP contribution in [-0.2, 0) is 4.74 Å². The molecule has 208 valence electrons. The van der Waals surface area contributed by atoms with Gasteiger partial charge in [-0.15, -0.1) is 0 Å². The van der Waals surface area contributed by atoms with E-state index in [1.807, 2.05) is 43.7 Å². The van der Waals surface area contributed by atoms with Gasteiger partial charge in [-0.2, -0.15) is 5.10 Å². The van der Waals surface area contributed by atoms with Crippen molar-refractivity contribution in [2.75, 3.05) is 38.2 Å². The highest BCUT2D eigenvalue weighted by atomic mass is 16.6. The number of pyridine rings is 2. The molecule has 2 aliphatic heterocycles. The molecular weight excluding hydrogens is 512 g/mol. The molecule has 2 aliphatic rings. The van der Waals surface area contributed by atoms with Crippen LogP contribution in [-0.4, -0.2) is 79.2 Å². The fourth-order valence-electron chi connectivity index (χ4n) is 4.77. The van der Waals surface area contributed by atoms with Gasteiger partial charge in [-0.1, -0.05) is 6.92 Å². The van der Waals surface area contributed by atoms with Gasteiger partial charge in [-0.25, -0.2) is 29.4 Å². The summed E-state index contributed by atoms with van der Waals surface area (Å²) in [4.78, 5) is 31.8. The van der Waals surface area contributed by atoms with Gasteiger partial charge in [0.05, 0.1) is 17.9 Å². The maximum Gasteiger partial charge on any atom is 0.410 e. The highest BCUT2D eigenvalue weighted by Gasteiger charge is 2.36. The van der Waals surface area contributed by atoms with E-state index in [2.05, 4.69) is 37.3 Å². The SMILES string of the molecule is C[C@H](CNc1cc(-c2cnc3c(cnn3C3CN(C(=O)OC(C)(C)C)C3)c2)ncn1)c1ccnc2c1OCCO2. The van der Waals surface area contributed by atoms with Crippen LogP contribution in [0.25, 0.3) is 22.3 Å². The van der Waals surface area contributed by atoms with Crippen molar-refractivity contribution in [1.29, 1.82) is 0 Å². The van der Waals surface area contributed by atoms with Crippen molar-refractivity contribution in [2.45, 2.75) is 45.3 Å². The molecule has 0 bridgehead atoms. The van der Waals surface area contributed by atoms with Crippen LogP contribution in [0, 0.1) is 0 Å². The highest BCUT2D eigenvalue weighted by molar-refractivity contribution is 5.80. The molecule has 1 amide bonds. The van der Waals surface area contributed by atoms with Crippen molar-refractivity contribution >= 4 is 22.9 Å². The van der Waals surface area contributed by atoms with E-state index in [-0.39, 0.29) is 18.1 Å². The van der Waals surface area contributed by atoms with Crippen LogP contribution in [0.3, 0.4) is 0 Å². The first kappa shape index (κ1) is 25.8. The lowest BCUT2D eigenvalue weighted by molar-refractivity contribution is 0.0000840. The van der Waals surface area contributed by atoms with Gasteiger partial charge < -0.3 is 24.4 Å². The quantitative estimate of drug-likeness (QED) is 0.379. The van der Waals surface area contributed by atoms with Crippen molar-refractivity contribution in [3.63, 3.8) is 0 Å². The van der Waals surface area contributed by atoms with Gasteiger partial charge in [0.1, 0.15) is 31.0 Å². The van der Waals surface area contributed by atoms with Crippen LogP contribution in [0.1, 0.15) is 45.2 Å². The summed E-state index contributed by atoms with van der Waals surface area (Å²) in [6.45, 7) is 10.4. The third-order valence-corrected chi connectivity index (χ3v) is 6.85. The molecule has 1 N–H and O–H groups in total. The van der Waals surface area contributed by atoms with E-state index in [1.54, 1.807) is 29.8 Å². The maximum absolute atomic E-state index is 12.3. The molecule has 0 aliphatic carbocycles. The summed E-state index contributed by atoms with van der Waals surface area (Å²) in [6.07, 6.45) is 6.57. The zero-order valence-electron chi connectivity index (χ0n) is 23.0. The van der Waals surface area contributed by atoms with E-state index < -0.39 is 5.60 Å². The fraction of sp³-hybridized carbons (Fsp3) is 0.429. The van der Waals surface area contributed by atoms with Crippen LogP contribution in [0.2, 0.25) is 0 Å². The Morgan fingerprint density at radius 1 is 1.12 bits per heavy atom. The van der Waals surface area contributed by atoms with Crippen LogP contribution in [0.15, 0.2) is 43.1 Å². The molecule has 0 saturated carbocycles. The Bertz CT molecular complexity index is 1540. The zero-order chi connectivity index (χ0) is 27.9. The van der Waals surface area contributed by atoms with Crippen molar-refractivity contribution < 1.29 is 19.0 Å². The van der Waals surface area contributed by atoms with E-state index in [4.69, 9.17) is 14.2 Å². The van der Waals surface area contributed by atoms with E-state index in [9.17, 15) is 4.79 Å². The molecule has 6 heterocycles. The normalized spacial score (nSPS) is 15.9. The second kappa shape index (κ2) is 10.2. The second-order valence-electron chi connectivity index (χ2n) is 11.1. The molecule has 0 aromatic carbocycles. The average molecular weight is 545 g/mol. The molecule has 1 saturated heterocycles. The molecule has 0 radical (unpaired) electrons. The van der Waals surface area contributed by atoms with Crippen molar-refractivity contribution in [3.05, 3.63) is 48.7 Å². The molecule has 1 atom stereocenters. The minimum Gasteiger partial charge on any atom is -0.484 e. The number of rotatable bonds is 6. The van der Waals surface area contributed by atoms with Gasteiger partial charge in [0.25, 0.3) is 5.88 Å². The number of nitrogens with zero attached hydrogens (tertiary/aromatic N) is 7. The lowest BCUT2D eigenvalue weighted by Gasteiger charge is -2.39. The summed E-state index contributed by atoms with van der Waals surface area (Å²) >= 11 is 0. The number of aromatic nitrogens is 6. The number of amides is 1. The van der Waals surface area contributed by atoms with Crippen molar-refractivity contribution in [2.24, 2.45) is 0 Å². The number of hydrogen-bond donors (Lipinski definition) is 1. The van der Waals surface area contributed by atoms with E-state index in [1.165, 1.54) is 0 Å². The summed E-state index contributed by atoms with van der Waals surface area (Å²) in [7, 11) is 0. The predicted molar refractivity (Wildman–Crippen MR) is 148 cm³/mol. The zero-order valence-corrected chi connectivity index (χ0v) is 23.0. The number of anilines is 1. The van der Waals surface area contributed by atoms with Crippen LogP contribution >= 0.6 is 0 Å². The Morgan fingerprint density at radius 3 is 2.77 bits per heavy atom. The number of ether oxygens (including phenoxy) is 3. The van der Waals surface area contributed by atoms with Gasteiger partial charge in [0, 0.05) is 60.5 Å². The standard InChI is InChI=1S/C28H32N8O4/c1-17(21-5-6-29-26-24(21)38-7-8-39-26)11-30-23-10-22(32-16-33-23)18-9-19-13-34-36(25(19)31-12-18)20-14-35(15-20)27(37)40-28(2,3)4/h5-6,9-10,12-13,16-17,20H,7-8,11,14-15H2,1-4H3,(H,30,32,33)/t17-/m1/s1. The number of hydrogen-bond acceptors (Lipinski definition) is 10. The summed E-state index contributed by atoms with van der Waals surface area (Å²) in [5.74, 6) is 2.11. The lowest BCUT2D eigenvalue weighted by atomic mass is 10.0. The van der Waals surface area contributed by atoms with Gasteiger partial charge >= 0.3 is 6.09 Å². The Labute approximate surface area is 231 Å². The predicted octanol–water partition coefficient (Wildman–Crippen LogP) is 4.06. The smallest absolute Gasteiger partial charge is 0.410 e.